The summed E-state index contributed by atoms with van der Waals surface area (Å²) in [5.74, 6) is 0.392. The Balaban J connectivity index is 1.52. The Bertz CT molecular complexity index is 941. The van der Waals surface area contributed by atoms with Gasteiger partial charge in [0.2, 0.25) is 5.82 Å². The van der Waals surface area contributed by atoms with E-state index in [-0.39, 0.29) is 5.69 Å². The summed E-state index contributed by atoms with van der Waals surface area (Å²) in [6.45, 7) is 0. The number of non-ortho nitro benzene ring substituents is 1. The molecule has 27 heavy (non-hydrogen) atoms. The maximum atomic E-state index is 12.0. The number of carboxylic acid groups (broad SMARTS) is 1. The highest BCUT2D eigenvalue weighted by Gasteiger charge is 2.62. The Morgan fingerprint density at radius 2 is 2.00 bits per heavy atom. The molecule has 0 amide bonds. The summed E-state index contributed by atoms with van der Waals surface area (Å²) in [4.78, 5) is 24.2. The highest BCUT2D eigenvalue weighted by atomic mass is 16.6. The normalized spacial score (nSPS) is 33.9. The van der Waals surface area contributed by atoms with E-state index < -0.39 is 21.8 Å². The zero-order valence-electron chi connectivity index (χ0n) is 14.6. The summed E-state index contributed by atoms with van der Waals surface area (Å²) in [7, 11) is 0. The van der Waals surface area contributed by atoms with Gasteiger partial charge >= 0.3 is 5.97 Å². The van der Waals surface area contributed by atoms with Gasteiger partial charge in [0, 0.05) is 17.7 Å². The predicted molar refractivity (Wildman–Crippen MR) is 92.6 cm³/mol. The zero-order valence-corrected chi connectivity index (χ0v) is 14.6. The molecule has 4 fully saturated rings. The molecule has 4 aliphatic carbocycles. The Kier molecular flexibility index (Phi) is 3.23. The van der Waals surface area contributed by atoms with Crippen LogP contribution in [0.15, 0.2) is 24.3 Å². The molecule has 4 saturated carbocycles. The van der Waals surface area contributed by atoms with Gasteiger partial charge in [0.15, 0.2) is 0 Å². The van der Waals surface area contributed by atoms with Crippen molar-refractivity contribution >= 4 is 11.7 Å². The minimum absolute atomic E-state index is 0.0246. The molecule has 0 aliphatic heterocycles. The van der Waals surface area contributed by atoms with Crippen molar-refractivity contribution in [3.05, 3.63) is 34.4 Å². The van der Waals surface area contributed by atoms with E-state index in [2.05, 4.69) is 15.4 Å². The molecule has 6 rings (SSSR count). The number of benzene rings is 1. The number of nitro benzene ring substituents is 1. The minimum atomic E-state index is -0.708. The lowest BCUT2D eigenvalue weighted by Gasteiger charge is -2.59. The summed E-state index contributed by atoms with van der Waals surface area (Å²) in [6, 6.07) is 6.16. The largest absolute Gasteiger partial charge is 0.481 e. The molecule has 0 spiro atoms. The third-order valence-corrected chi connectivity index (χ3v) is 6.64. The summed E-state index contributed by atoms with van der Waals surface area (Å²) < 4.78 is 0. The molecule has 1 heterocycles. The number of carbonyl (C=O) groups is 1. The van der Waals surface area contributed by atoms with Crippen LogP contribution in [0.3, 0.4) is 0 Å². The van der Waals surface area contributed by atoms with Gasteiger partial charge in [-0.2, -0.15) is 4.80 Å². The van der Waals surface area contributed by atoms with Crippen molar-refractivity contribution in [3.8, 4) is 11.4 Å². The maximum absolute atomic E-state index is 12.0. The first kappa shape index (κ1) is 16.3. The standard InChI is InChI=1S/C18H19N5O4/c24-16(25)17-6-11-4-12(7-17)9-18(8-11,10-17)23-20-15(19-21-23)13-2-1-3-14(5-13)22(26)27/h1-3,5,11-12H,4,6-10H2,(H,24,25)/t11-,12-,17?,18?/m0/s1. The van der Waals surface area contributed by atoms with Crippen LogP contribution in [-0.2, 0) is 10.3 Å². The molecule has 4 bridgehead atoms. The summed E-state index contributed by atoms with van der Waals surface area (Å²) in [5.41, 5.74) is -0.575. The average molecular weight is 369 g/mol. The monoisotopic (exact) mass is 369 g/mol. The fraction of sp³-hybridized carbons (Fsp3) is 0.556. The van der Waals surface area contributed by atoms with Crippen LogP contribution in [-0.4, -0.2) is 36.2 Å². The second-order valence-corrected chi connectivity index (χ2v) is 8.48. The Morgan fingerprint density at radius 3 is 2.67 bits per heavy atom. The zero-order chi connectivity index (χ0) is 18.8. The van der Waals surface area contributed by atoms with Gasteiger partial charge in [-0.1, -0.05) is 12.1 Å². The molecule has 2 aromatic rings. The number of aromatic nitrogens is 4. The van der Waals surface area contributed by atoms with Crippen molar-refractivity contribution in [1.82, 2.24) is 20.2 Å². The molecule has 1 aromatic heterocycles. The Labute approximate surface area is 154 Å². The van der Waals surface area contributed by atoms with Gasteiger partial charge in [-0.3, -0.25) is 14.9 Å². The predicted octanol–water partition coefficient (Wildman–Crippen LogP) is 2.63. The molecule has 0 unspecified atom stereocenters. The van der Waals surface area contributed by atoms with Crippen LogP contribution in [0.4, 0.5) is 5.69 Å². The molecular formula is C18H19N5O4. The lowest BCUT2D eigenvalue weighted by atomic mass is 9.47. The van der Waals surface area contributed by atoms with Crippen molar-refractivity contribution in [3.63, 3.8) is 0 Å². The number of tetrazole rings is 1. The van der Waals surface area contributed by atoms with E-state index in [1.165, 1.54) is 12.1 Å². The van der Waals surface area contributed by atoms with Crippen LogP contribution in [0.1, 0.15) is 38.5 Å². The summed E-state index contributed by atoms with van der Waals surface area (Å²) >= 11 is 0. The molecule has 9 heteroatoms. The summed E-state index contributed by atoms with van der Waals surface area (Å²) in [6.07, 6.45) is 4.86. The van der Waals surface area contributed by atoms with Crippen LogP contribution < -0.4 is 0 Å². The third-order valence-electron chi connectivity index (χ3n) is 6.64. The number of hydrogen-bond acceptors (Lipinski definition) is 6. The van der Waals surface area contributed by atoms with Gasteiger partial charge in [0.1, 0.15) is 0 Å². The first-order chi connectivity index (χ1) is 12.9. The van der Waals surface area contributed by atoms with E-state index in [9.17, 15) is 20.0 Å². The van der Waals surface area contributed by atoms with E-state index in [0.29, 0.717) is 29.6 Å². The molecular weight excluding hydrogens is 350 g/mol. The van der Waals surface area contributed by atoms with Crippen molar-refractivity contribution in [1.29, 1.82) is 0 Å². The van der Waals surface area contributed by atoms with Crippen molar-refractivity contribution in [2.45, 2.75) is 44.1 Å². The van der Waals surface area contributed by atoms with Crippen LogP contribution in [0.2, 0.25) is 0 Å². The minimum Gasteiger partial charge on any atom is -0.481 e. The number of nitrogens with zero attached hydrogens (tertiary/aromatic N) is 5. The van der Waals surface area contributed by atoms with Crippen LogP contribution in [0.5, 0.6) is 0 Å². The molecule has 0 radical (unpaired) electrons. The molecule has 140 valence electrons. The molecule has 1 aromatic carbocycles. The van der Waals surface area contributed by atoms with E-state index in [0.717, 1.165) is 32.1 Å². The molecule has 0 saturated heterocycles. The number of hydrogen-bond donors (Lipinski definition) is 1. The molecule has 9 nitrogen and oxygen atoms in total. The van der Waals surface area contributed by atoms with E-state index in [1.807, 2.05) is 0 Å². The van der Waals surface area contributed by atoms with Gasteiger partial charge in [0.05, 0.1) is 15.9 Å². The second-order valence-electron chi connectivity index (χ2n) is 8.48. The number of nitro groups is 1. The van der Waals surface area contributed by atoms with E-state index >= 15 is 0 Å². The fourth-order valence-corrected chi connectivity index (χ4v) is 5.99. The van der Waals surface area contributed by atoms with E-state index in [4.69, 9.17) is 0 Å². The van der Waals surface area contributed by atoms with Crippen LogP contribution in [0, 0.1) is 27.4 Å². The van der Waals surface area contributed by atoms with Crippen molar-refractivity contribution in [2.24, 2.45) is 17.3 Å². The first-order valence-corrected chi connectivity index (χ1v) is 9.18. The van der Waals surface area contributed by atoms with Gasteiger partial charge < -0.3 is 5.11 Å². The highest BCUT2D eigenvalue weighted by Crippen LogP contribution is 2.64. The lowest BCUT2D eigenvalue weighted by Crippen LogP contribution is -2.59. The van der Waals surface area contributed by atoms with Crippen molar-refractivity contribution in [2.75, 3.05) is 0 Å². The quantitative estimate of drug-likeness (QED) is 0.649. The van der Waals surface area contributed by atoms with Gasteiger partial charge in [-0.15, -0.1) is 10.2 Å². The number of aliphatic carboxylic acids is 1. The topological polar surface area (TPSA) is 124 Å². The van der Waals surface area contributed by atoms with Crippen molar-refractivity contribution < 1.29 is 14.8 Å². The van der Waals surface area contributed by atoms with Gasteiger partial charge in [-0.05, 0) is 55.6 Å². The fourth-order valence-electron chi connectivity index (χ4n) is 5.99. The highest BCUT2D eigenvalue weighted by molar-refractivity contribution is 5.75. The van der Waals surface area contributed by atoms with Crippen LogP contribution in [0.25, 0.3) is 11.4 Å². The Morgan fingerprint density at radius 1 is 1.26 bits per heavy atom. The third kappa shape index (κ3) is 2.37. The van der Waals surface area contributed by atoms with Gasteiger partial charge in [0.25, 0.3) is 5.69 Å². The molecule has 2 atom stereocenters. The molecule has 4 aliphatic rings. The van der Waals surface area contributed by atoms with Gasteiger partial charge in [-0.25, -0.2) is 0 Å². The maximum Gasteiger partial charge on any atom is 0.309 e. The summed E-state index contributed by atoms with van der Waals surface area (Å²) in [5, 5.41) is 33.8. The number of carboxylic acids is 1. The SMILES string of the molecule is O=C(O)C12C[C@@H]3C[C@@H](C1)CC(n1nnc(-c4cccc([N+](=O)[O-])c4)n1)(C3)C2. The lowest BCUT2D eigenvalue weighted by molar-refractivity contribution is -0.384. The smallest absolute Gasteiger partial charge is 0.309 e. The second kappa shape index (κ2) is 5.34. The average Bonchev–Trinajstić information content (AvgIpc) is 3.12. The van der Waals surface area contributed by atoms with Crippen LogP contribution >= 0.6 is 0 Å². The number of rotatable bonds is 4. The first-order valence-electron chi connectivity index (χ1n) is 9.18. The molecule has 1 N–H and O–H groups in total. The van der Waals surface area contributed by atoms with E-state index in [1.54, 1.807) is 16.9 Å². The Hall–Kier alpha value is -2.84.